The molecule has 0 fully saturated rings. The zero-order chi connectivity index (χ0) is 25.3. The average molecular weight is 488 g/mol. The number of carbonyl (C=O) groups is 2. The monoisotopic (exact) mass is 487 g/mol. The van der Waals surface area contributed by atoms with Gasteiger partial charge in [0.2, 0.25) is 5.91 Å². The van der Waals surface area contributed by atoms with E-state index in [4.69, 9.17) is 5.11 Å². The van der Waals surface area contributed by atoms with E-state index in [1.165, 1.54) is 0 Å². The lowest BCUT2D eigenvalue weighted by Crippen LogP contribution is -2.40. The molecule has 2 aliphatic heterocycles. The zero-order valence-corrected chi connectivity index (χ0v) is 20.1. The summed E-state index contributed by atoms with van der Waals surface area (Å²) in [5, 5.41) is 31.5. The first-order valence-corrected chi connectivity index (χ1v) is 12.2. The number of aromatic nitrogens is 3. The number of amides is 2. The summed E-state index contributed by atoms with van der Waals surface area (Å²) in [7, 11) is 0. The Morgan fingerprint density at radius 2 is 2.03 bits per heavy atom. The van der Waals surface area contributed by atoms with E-state index in [0.717, 1.165) is 16.9 Å². The largest absolute Gasteiger partial charge is 0.396 e. The van der Waals surface area contributed by atoms with Gasteiger partial charge in [0.15, 0.2) is 5.60 Å². The number of anilines is 3. The fourth-order valence-electron chi connectivity index (χ4n) is 4.92. The number of hydrogen-bond acceptors (Lipinski definition) is 6. The molecular weight excluding hydrogens is 458 g/mol. The second kappa shape index (κ2) is 9.67. The number of fused-ring (bicyclic) bond motifs is 2. The highest BCUT2D eigenvalue weighted by Crippen LogP contribution is 2.45. The van der Waals surface area contributed by atoms with E-state index in [-0.39, 0.29) is 12.5 Å². The molecule has 2 amide bonds. The number of aliphatic hydroxyl groups is 2. The van der Waals surface area contributed by atoms with Gasteiger partial charge in [-0.25, -0.2) is 0 Å². The van der Waals surface area contributed by atoms with Crippen LogP contribution in [0.5, 0.6) is 0 Å². The van der Waals surface area contributed by atoms with Crippen molar-refractivity contribution < 1.29 is 19.8 Å². The Bertz CT molecular complexity index is 1330. The van der Waals surface area contributed by atoms with Crippen LogP contribution < -0.4 is 10.2 Å². The van der Waals surface area contributed by atoms with Crippen LogP contribution in [0.3, 0.4) is 0 Å². The minimum Gasteiger partial charge on any atom is -0.396 e. The second-order valence-electron chi connectivity index (χ2n) is 9.26. The van der Waals surface area contributed by atoms with Crippen LogP contribution in [0.15, 0.2) is 60.8 Å². The molecular formula is C27H29N5O4. The zero-order valence-electron chi connectivity index (χ0n) is 20.1. The summed E-state index contributed by atoms with van der Waals surface area (Å²) in [6.07, 6.45) is 7.73. The molecule has 0 saturated carbocycles. The van der Waals surface area contributed by atoms with Crippen LogP contribution in [-0.4, -0.2) is 43.6 Å². The number of carbonyl (C=O) groups excluding carboxylic acids is 2. The molecule has 186 valence electrons. The summed E-state index contributed by atoms with van der Waals surface area (Å²) in [5.41, 5.74) is 2.52. The van der Waals surface area contributed by atoms with Crippen molar-refractivity contribution in [3.63, 3.8) is 0 Å². The predicted molar refractivity (Wildman–Crippen MR) is 135 cm³/mol. The van der Waals surface area contributed by atoms with Crippen molar-refractivity contribution in [1.29, 1.82) is 0 Å². The third-order valence-corrected chi connectivity index (χ3v) is 6.92. The van der Waals surface area contributed by atoms with Crippen LogP contribution in [0.1, 0.15) is 36.6 Å². The Labute approximate surface area is 209 Å². The number of para-hydroxylation sites is 1. The van der Waals surface area contributed by atoms with Gasteiger partial charge in [0, 0.05) is 55.0 Å². The molecule has 2 atom stereocenters. The maximum Gasteiger partial charge on any atom is 0.261 e. The number of aliphatic hydroxyl groups excluding tert-OH is 1. The molecule has 1 aromatic heterocycles. The average Bonchev–Trinajstić information content (AvgIpc) is 3.43. The Morgan fingerprint density at radius 1 is 1.19 bits per heavy atom. The van der Waals surface area contributed by atoms with Gasteiger partial charge in [0.25, 0.3) is 5.91 Å². The summed E-state index contributed by atoms with van der Waals surface area (Å²) in [6.45, 7) is 2.41. The minimum atomic E-state index is -1.76. The highest BCUT2D eigenvalue weighted by atomic mass is 16.3. The third kappa shape index (κ3) is 4.20. The van der Waals surface area contributed by atoms with E-state index in [2.05, 4.69) is 15.6 Å². The highest BCUT2D eigenvalue weighted by molar-refractivity contribution is 6.07. The molecule has 3 N–H and O–H groups in total. The molecule has 0 radical (unpaired) electrons. The van der Waals surface area contributed by atoms with Crippen LogP contribution in [0, 0.1) is 5.92 Å². The predicted octanol–water partition coefficient (Wildman–Crippen LogP) is 2.85. The SMILES string of the molecule is C[C@@H](/C=C/CCn1cc(CCO)nn1)[C@]1(O)C(=O)Nc2ccc(N3C(=O)CCc4ccccc43)cc21. The number of nitrogens with one attached hydrogen (secondary N) is 1. The number of aryl methyl sites for hydroxylation is 2. The molecule has 0 spiro atoms. The quantitative estimate of drug-likeness (QED) is 0.420. The molecule has 9 heteroatoms. The van der Waals surface area contributed by atoms with E-state index >= 15 is 0 Å². The van der Waals surface area contributed by atoms with Crippen LogP contribution >= 0.6 is 0 Å². The van der Waals surface area contributed by atoms with E-state index in [1.54, 1.807) is 40.9 Å². The lowest BCUT2D eigenvalue weighted by Gasteiger charge is -2.31. The number of rotatable bonds is 8. The van der Waals surface area contributed by atoms with Gasteiger partial charge >= 0.3 is 0 Å². The second-order valence-corrected chi connectivity index (χ2v) is 9.26. The Kier molecular flexibility index (Phi) is 6.42. The van der Waals surface area contributed by atoms with Crippen molar-refractivity contribution in [1.82, 2.24) is 15.0 Å². The molecule has 9 nitrogen and oxygen atoms in total. The standard InChI is InChI=1S/C27H29N5O4/c1-18(6-4-5-14-31-17-20(13-15-33)29-30-31)27(36)22-16-21(10-11-23(22)28-26(27)35)32-24-8-3-2-7-19(24)9-12-25(32)34/h2-4,6-8,10-11,16-18,33,36H,5,9,12-15H2,1H3,(H,28,35)/b6-4+/t18-,27+/m0/s1. The van der Waals surface area contributed by atoms with E-state index in [9.17, 15) is 14.7 Å². The lowest BCUT2D eigenvalue weighted by atomic mass is 9.82. The van der Waals surface area contributed by atoms with Gasteiger partial charge in [-0.2, -0.15) is 0 Å². The first-order valence-electron chi connectivity index (χ1n) is 12.2. The Morgan fingerprint density at radius 3 is 2.86 bits per heavy atom. The number of allylic oxidation sites excluding steroid dienone is 1. The van der Waals surface area contributed by atoms with Gasteiger partial charge in [-0.1, -0.05) is 42.5 Å². The van der Waals surface area contributed by atoms with Crippen molar-refractivity contribution in [2.24, 2.45) is 5.92 Å². The lowest BCUT2D eigenvalue weighted by molar-refractivity contribution is -0.137. The molecule has 2 aliphatic rings. The number of benzene rings is 2. The fourth-order valence-corrected chi connectivity index (χ4v) is 4.92. The van der Waals surface area contributed by atoms with Crippen molar-refractivity contribution >= 4 is 28.9 Å². The van der Waals surface area contributed by atoms with Crippen molar-refractivity contribution in [2.75, 3.05) is 16.8 Å². The topological polar surface area (TPSA) is 121 Å². The van der Waals surface area contributed by atoms with E-state index in [0.29, 0.717) is 49.2 Å². The van der Waals surface area contributed by atoms with Gasteiger partial charge in [-0.15, -0.1) is 5.10 Å². The summed E-state index contributed by atoms with van der Waals surface area (Å²) in [4.78, 5) is 27.5. The summed E-state index contributed by atoms with van der Waals surface area (Å²) in [5.74, 6) is -1.01. The van der Waals surface area contributed by atoms with E-state index < -0.39 is 17.4 Å². The van der Waals surface area contributed by atoms with Crippen LogP contribution in [0.4, 0.5) is 17.1 Å². The normalized spacial score (nSPS) is 19.9. The van der Waals surface area contributed by atoms with Crippen LogP contribution in [0.25, 0.3) is 0 Å². The highest BCUT2D eigenvalue weighted by Gasteiger charge is 2.49. The summed E-state index contributed by atoms with van der Waals surface area (Å²) in [6, 6.07) is 13.1. The van der Waals surface area contributed by atoms with Crippen molar-refractivity contribution in [3.05, 3.63) is 77.6 Å². The van der Waals surface area contributed by atoms with Crippen LogP contribution in [0.2, 0.25) is 0 Å². The molecule has 0 saturated heterocycles. The molecule has 3 heterocycles. The van der Waals surface area contributed by atoms with Gasteiger partial charge in [0.1, 0.15) is 0 Å². The molecule has 2 aromatic carbocycles. The third-order valence-electron chi connectivity index (χ3n) is 6.92. The number of nitrogens with zero attached hydrogens (tertiary/aromatic N) is 4. The van der Waals surface area contributed by atoms with Crippen molar-refractivity contribution in [3.8, 4) is 0 Å². The Balaban J connectivity index is 1.37. The molecule has 3 aromatic rings. The van der Waals surface area contributed by atoms with Gasteiger partial charge in [-0.3, -0.25) is 19.2 Å². The maximum absolute atomic E-state index is 12.9. The maximum atomic E-state index is 12.9. The van der Waals surface area contributed by atoms with Gasteiger partial charge in [0.05, 0.1) is 11.4 Å². The van der Waals surface area contributed by atoms with Gasteiger partial charge in [-0.05, 0) is 42.7 Å². The van der Waals surface area contributed by atoms with Gasteiger partial charge < -0.3 is 15.5 Å². The van der Waals surface area contributed by atoms with E-state index in [1.807, 2.05) is 36.4 Å². The minimum absolute atomic E-state index is 0.0160. The molecule has 0 aliphatic carbocycles. The summed E-state index contributed by atoms with van der Waals surface area (Å²) < 4.78 is 1.70. The summed E-state index contributed by atoms with van der Waals surface area (Å²) >= 11 is 0. The Hall–Kier alpha value is -3.82. The fraction of sp³-hybridized carbons (Fsp3) is 0.333. The smallest absolute Gasteiger partial charge is 0.261 e. The molecule has 0 unspecified atom stereocenters. The molecule has 0 bridgehead atoms. The molecule has 5 rings (SSSR count). The molecule has 36 heavy (non-hydrogen) atoms. The van der Waals surface area contributed by atoms with Crippen molar-refractivity contribution in [2.45, 2.75) is 44.8 Å². The first-order chi connectivity index (χ1) is 17.4. The number of hydrogen-bond donors (Lipinski definition) is 3. The van der Waals surface area contributed by atoms with Crippen LogP contribution in [-0.2, 0) is 34.6 Å². The first kappa shape index (κ1) is 23.9.